The zero-order valence-electron chi connectivity index (χ0n) is 16.0. The predicted octanol–water partition coefficient (Wildman–Crippen LogP) is 0.859. The molecule has 0 spiro atoms. The second-order valence-electron chi connectivity index (χ2n) is 8.11. The van der Waals surface area contributed by atoms with Gasteiger partial charge in [0, 0.05) is 20.5 Å². The van der Waals surface area contributed by atoms with Crippen molar-refractivity contribution >= 4 is 23.5 Å². The highest BCUT2D eigenvalue weighted by Crippen LogP contribution is 2.45. The summed E-state index contributed by atoms with van der Waals surface area (Å²) in [5, 5.41) is 10.8. The zero-order valence-corrected chi connectivity index (χ0v) is 16.0. The van der Waals surface area contributed by atoms with E-state index in [0.717, 1.165) is 0 Å². The van der Waals surface area contributed by atoms with Crippen LogP contribution in [0.3, 0.4) is 0 Å². The van der Waals surface area contributed by atoms with Gasteiger partial charge in [-0.15, -0.1) is 0 Å². The molecule has 10 nitrogen and oxygen atoms in total. The molecule has 2 N–H and O–H groups in total. The highest BCUT2D eigenvalue weighted by atomic mass is 16.6. The standard InChI is InChI=1S/C17H24N6O4/c1-17(2,3)27-8-6-9-23-13-10(19-14(23)11(24)12(8)26-9)15(25)21-16(20-13)18-7-22(4)5/h7-9,11-12,24H,6H2,1-5H3,(H,20,21,25)/b18-7+/t8-,9+,11+,12-/m0/s1. The lowest BCUT2D eigenvalue weighted by Crippen LogP contribution is -2.38. The number of H-pyrrole nitrogens is 1. The summed E-state index contributed by atoms with van der Waals surface area (Å²) >= 11 is 0. The van der Waals surface area contributed by atoms with Gasteiger partial charge in [-0.05, 0) is 20.8 Å². The van der Waals surface area contributed by atoms with Crippen LogP contribution in [-0.4, -0.2) is 67.8 Å². The number of ether oxygens (including phenoxy) is 2. The van der Waals surface area contributed by atoms with Gasteiger partial charge < -0.3 is 19.5 Å². The first-order valence-corrected chi connectivity index (χ1v) is 8.88. The summed E-state index contributed by atoms with van der Waals surface area (Å²) in [5.74, 6) is 0.541. The monoisotopic (exact) mass is 376 g/mol. The fourth-order valence-corrected chi connectivity index (χ4v) is 3.53. The van der Waals surface area contributed by atoms with Gasteiger partial charge in [-0.3, -0.25) is 14.3 Å². The number of hydrogen-bond donors (Lipinski definition) is 2. The molecule has 4 rings (SSSR count). The first-order chi connectivity index (χ1) is 12.6. The number of nitrogens with zero attached hydrogens (tertiary/aromatic N) is 5. The normalized spacial score (nSPS) is 27.5. The van der Waals surface area contributed by atoms with Crippen molar-refractivity contribution in [3.8, 4) is 0 Å². The smallest absolute Gasteiger partial charge is 0.280 e. The lowest BCUT2D eigenvalue weighted by atomic mass is 10.1. The predicted molar refractivity (Wildman–Crippen MR) is 98.1 cm³/mol. The van der Waals surface area contributed by atoms with Gasteiger partial charge in [0.2, 0.25) is 5.95 Å². The Bertz CT molecular complexity index is 957. The number of rotatable bonds is 3. The average Bonchev–Trinajstić information content (AvgIpc) is 3.10. The molecule has 0 aliphatic carbocycles. The van der Waals surface area contributed by atoms with E-state index < -0.39 is 24.0 Å². The summed E-state index contributed by atoms with van der Waals surface area (Å²) in [5.41, 5.74) is -0.256. The van der Waals surface area contributed by atoms with Gasteiger partial charge in [0.15, 0.2) is 11.2 Å². The molecule has 146 valence electrons. The number of aliphatic imine (C=N–C) groups is 1. The quantitative estimate of drug-likeness (QED) is 0.602. The molecule has 0 saturated carbocycles. The van der Waals surface area contributed by atoms with Gasteiger partial charge in [-0.1, -0.05) is 0 Å². The Balaban J connectivity index is 1.78. The highest BCUT2D eigenvalue weighted by Gasteiger charge is 2.50. The molecule has 0 unspecified atom stereocenters. The van der Waals surface area contributed by atoms with Crippen molar-refractivity contribution in [2.24, 2.45) is 4.99 Å². The van der Waals surface area contributed by atoms with Gasteiger partial charge in [-0.2, -0.15) is 4.98 Å². The fraction of sp³-hybridized carbons (Fsp3) is 0.647. The minimum atomic E-state index is -1.00. The molecule has 2 aromatic rings. The second-order valence-corrected chi connectivity index (χ2v) is 8.11. The third-order valence-corrected chi connectivity index (χ3v) is 4.46. The van der Waals surface area contributed by atoms with Crippen LogP contribution in [0.1, 0.15) is 45.3 Å². The summed E-state index contributed by atoms with van der Waals surface area (Å²) in [6.45, 7) is 5.89. The molecule has 10 heteroatoms. The van der Waals surface area contributed by atoms with Gasteiger partial charge in [0.1, 0.15) is 24.3 Å². The number of aliphatic hydroxyl groups is 1. The van der Waals surface area contributed by atoms with Crippen molar-refractivity contribution in [1.82, 2.24) is 24.4 Å². The molecule has 2 aliphatic heterocycles. The molecule has 4 heterocycles. The van der Waals surface area contributed by atoms with Gasteiger partial charge >= 0.3 is 0 Å². The van der Waals surface area contributed by atoms with E-state index in [1.807, 2.05) is 34.9 Å². The van der Waals surface area contributed by atoms with Crippen LogP contribution in [0.25, 0.3) is 11.2 Å². The molecule has 1 saturated heterocycles. The summed E-state index contributed by atoms with van der Waals surface area (Å²) in [6, 6.07) is 0. The van der Waals surface area contributed by atoms with Crippen molar-refractivity contribution < 1.29 is 14.6 Å². The molecule has 2 aromatic heterocycles. The first kappa shape index (κ1) is 18.1. The number of hydrogen-bond acceptors (Lipinski definition) is 7. The fourth-order valence-electron chi connectivity index (χ4n) is 3.53. The summed E-state index contributed by atoms with van der Waals surface area (Å²) in [7, 11) is 3.64. The zero-order chi connectivity index (χ0) is 19.5. The Hall–Kier alpha value is -2.30. The van der Waals surface area contributed by atoms with Crippen LogP contribution in [-0.2, 0) is 9.47 Å². The van der Waals surface area contributed by atoms with Crippen molar-refractivity contribution in [3.05, 3.63) is 16.2 Å². The molecule has 4 atom stereocenters. The third-order valence-electron chi connectivity index (χ3n) is 4.46. The Morgan fingerprint density at radius 2 is 2.15 bits per heavy atom. The second kappa shape index (κ2) is 6.11. The Morgan fingerprint density at radius 3 is 2.81 bits per heavy atom. The van der Waals surface area contributed by atoms with E-state index in [-0.39, 0.29) is 23.2 Å². The minimum Gasteiger partial charge on any atom is -0.382 e. The summed E-state index contributed by atoms with van der Waals surface area (Å²) in [6.07, 6.45) is -0.104. The number of fused-ring (bicyclic) bond motifs is 6. The van der Waals surface area contributed by atoms with Crippen molar-refractivity contribution in [3.63, 3.8) is 0 Å². The highest BCUT2D eigenvalue weighted by molar-refractivity contribution is 5.72. The number of aromatic nitrogens is 4. The molecular weight excluding hydrogens is 352 g/mol. The van der Waals surface area contributed by atoms with Crippen molar-refractivity contribution in [1.29, 1.82) is 0 Å². The molecule has 1 fully saturated rings. The van der Waals surface area contributed by atoms with Crippen LogP contribution in [0.15, 0.2) is 9.79 Å². The topological polar surface area (TPSA) is 118 Å². The summed E-state index contributed by atoms with van der Waals surface area (Å²) in [4.78, 5) is 29.7. The van der Waals surface area contributed by atoms with Crippen LogP contribution >= 0.6 is 0 Å². The third kappa shape index (κ3) is 3.13. The van der Waals surface area contributed by atoms with E-state index in [4.69, 9.17) is 9.47 Å². The molecular formula is C17H24N6O4. The van der Waals surface area contributed by atoms with Crippen LogP contribution < -0.4 is 5.56 Å². The maximum absolute atomic E-state index is 12.4. The van der Waals surface area contributed by atoms with Crippen LogP contribution in [0.2, 0.25) is 0 Å². The van der Waals surface area contributed by atoms with E-state index in [1.165, 1.54) is 0 Å². The Kier molecular flexibility index (Phi) is 4.09. The van der Waals surface area contributed by atoms with Crippen molar-refractivity contribution in [2.75, 3.05) is 14.1 Å². The number of nitrogens with one attached hydrogen (secondary N) is 1. The molecule has 0 radical (unpaired) electrons. The minimum absolute atomic E-state index is 0.164. The molecule has 2 aliphatic rings. The van der Waals surface area contributed by atoms with E-state index >= 15 is 0 Å². The first-order valence-electron chi connectivity index (χ1n) is 8.88. The van der Waals surface area contributed by atoms with Gasteiger partial charge in [-0.25, -0.2) is 9.98 Å². The van der Waals surface area contributed by atoms with E-state index in [2.05, 4.69) is 19.9 Å². The Morgan fingerprint density at radius 1 is 1.41 bits per heavy atom. The maximum Gasteiger partial charge on any atom is 0.280 e. The number of aliphatic hydroxyl groups excluding tert-OH is 1. The molecule has 0 amide bonds. The molecule has 0 aromatic carbocycles. The SMILES string of the molecule is CN(C)/C=N/c1nc2c(nc3n2[C@H]2C[C@H](OC(C)(C)C)[C@H](O2)[C@H]3O)c(=O)[nH]1. The lowest BCUT2D eigenvalue weighted by Gasteiger charge is -2.31. The van der Waals surface area contributed by atoms with Crippen LogP contribution in [0.5, 0.6) is 0 Å². The van der Waals surface area contributed by atoms with E-state index in [1.54, 1.807) is 15.8 Å². The van der Waals surface area contributed by atoms with E-state index in [0.29, 0.717) is 17.9 Å². The van der Waals surface area contributed by atoms with E-state index in [9.17, 15) is 9.90 Å². The average molecular weight is 376 g/mol. The maximum atomic E-state index is 12.4. The molecule has 27 heavy (non-hydrogen) atoms. The van der Waals surface area contributed by atoms with Crippen LogP contribution in [0.4, 0.5) is 5.95 Å². The van der Waals surface area contributed by atoms with Gasteiger partial charge in [0.25, 0.3) is 5.56 Å². The van der Waals surface area contributed by atoms with Crippen LogP contribution in [0, 0.1) is 0 Å². The molecule has 2 bridgehead atoms. The summed E-state index contributed by atoms with van der Waals surface area (Å²) < 4.78 is 13.7. The number of imidazole rings is 1. The largest absolute Gasteiger partial charge is 0.382 e. The van der Waals surface area contributed by atoms with Gasteiger partial charge in [0.05, 0.1) is 18.0 Å². The lowest BCUT2D eigenvalue weighted by molar-refractivity contribution is -0.143. The van der Waals surface area contributed by atoms with Crippen molar-refractivity contribution in [2.45, 2.75) is 57.3 Å². The Labute approximate surface area is 155 Å². The number of aromatic amines is 1.